The molecular weight excluding hydrogens is 420 g/mol. The van der Waals surface area contributed by atoms with Crippen molar-refractivity contribution in [3.05, 3.63) is 57.7 Å². The van der Waals surface area contributed by atoms with E-state index in [1.54, 1.807) is 49.6 Å². The molecule has 26 heavy (non-hydrogen) atoms. The van der Waals surface area contributed by atoms with E-state index in [2.05, 4.69) is 15.9 Å². The van der Waals surface area contributed by atoms with Gasteiger partial charge in [-0.1, -0.05) is 27.5 Å². The van der Waals surface area contributed by atoms with Crippen molar-refractivity contribution in [1.29, 1.82) is 0 Å². The summed E-state index contributed by atoms with van der Waals surface area (Å²) < 4.78 is 17.1. The van der Waals surface area contributed by atoms with Crippen molar-refractivity contribution in [2.75, 3.05) is 19.0 Å². The topological polar surface area (TPSA) is 48.7 Å². The first kappa shape index (κ1) is 18.8. The molecule has 0 unspecified atom stereocenters. The zero-order valence-electron chi connectivity index (χ0n) is 14.3. The van der Waals surface area contributed by atoms with Gasteiger partial charge in [0.15, 0.2) is 5.76 Å². The Morgan fingerprint density at radius 3 is 2.58 bits per heavy atom. The predicted octanol–water partition coefficient (Wildman–Crippen LogP) is 5.68. The van der Waals surface area contributed by atoms with Crippen LogP contribution < -0.4 is 14.9 Å². The van der Waals surface area contributed by atoms with Crippen molar-refractivity contribution in [2.45, 2.75) is 12.8 Å². The van der Waals surface area contributed by atoms with Gasteiger partial charge in [0.2, 0.25) is 11.2 Å². The molecule has 0 saturated heterocycles. The van der Waals surface area contributed by atoms with Crippen molar-refractivity contribution in [1.82, 2.24) is 0 Å². The molecule has 0 amide bonds. The van der Waals surface area contributed by atoms with Crippen LogP contribution in [0.15, 0.2) is 51.7 Å². The van der Waals surface area contributed by atoms with Gasteiger partial charge in [0, 0.05) is 22.0 Å². The van der Waals surface area contributed by atoms with Crippen molar-refractivity contribution in [3.63, 3.8) is 0 Å². The van der Waals surface area contributed by atoms with Gasteiger partial charge < -0.3 is 13.9 Å². The zero-order chi connectivity index (χ0) is 18.5. The number of hydrogen-bond donors (Lipinski definition) is 0. The van der Waals surface area contributed by atoms with Crippen LogP contribution in [0.5, 0.6) is 11.5 Å². The SMILES string of the molecule is COc1ccc2c(=O)c(OCCCCBr)c(-c3ccc(Cl)cc3)oc2c1. The maximum Gasteiger partial charge on any atom is 0.235 e. The summed E-state index contributed by atoms with van der Waals surface area (Å²) in [4.78, 5) is 13.0. The molecule has 2 aromatic carbocycles. The lowest BCUT2D eigenvalue weighted by molar-refractivity contribution is 0.302. The first-order valence-electron chi connectivity index (χ1n) is 8.23. The smallest absolute Gasteiger partial charge is 0.235 e. The lowest BCUT2D eigenvalue weighted by atomic mass is 10.1. The number of fused-ring (bicyclic) bond motifs is 1. The van der Waals surface area contributed by atoms with Crippen molar-refractivity contribution in [3.8, 4) is 22.8 Å². The molecule has 0 radical (unpaired) electrons. The largest absolute Gasteiger partial charge is 0.497 e. The average Bonchev–Trinajstić information content (AvgIpc) is 2.66. The van der Waals surface area contributed by atoms with E-state index in [1.165, 1.54) is 0 Å². The fourth-order valence-electron chi connectivity index (χ4n) is 2.58. The third-order valence-corrected chi connectivity index (χ3v) is 4.75. The third kappa shape index (κ3) is 4.05. The molecule has 6 heteroatoms. The quantitative estimate of drug-likeness (QED) is 0.353. The molecule has 136 valence electrons. The summed E-state index contributed by atoms with van der Waals surface area (Å²) in [6.45, 7) is 0.443. The summed E-state index contributed by atoms with van der Waals surface area (Å²) in [5, 5.41) is 1.96. The number of halogens is 2. The number of unbranched alkanes of at least 4 members (excludes halogenated alkanes) is 1. The summed E-state index contributed by atoms with van der Waals surface area (Å²) in [5.41, 5.74) is 0.983. The second-order valence-electron chi connectivity index (χ2n) is 5.70. The Labute approximate surface area is 164 Å². The van der Waals surface area contributed by atoms with Crippen molar-refractivity contribution in [2.24, 2.45) is 0 Å². The molecule has 0 atom stereocenters. The highest BCUT2D eigenvalue weighted by molar-refractivity contribution is 9.09. The molecule has 4 nitrogen and oxygen atoms in total. The highest BCUT2D eigenvalue weighted by atomic mass is 79.9. The highest BCUT2D eigenvalue weighted by Crippen LogP contribution is 2.32. The van der Waals surface area contributed by atoms with Gasteiger partial charge in [-0.25, -0.2) is 0 Å². The van der Waals surface area contributed by atoms with E-state index in [1.807, 2.05) is 0 Å². The molecular formula is C20H18BrClO4. The van der Waals surface area contributed by atoms with E-state index in [9.17, 15) is 4.79 Å². The van der Waals surface area contributed by atoms with Crippen LogP contribution in [0.3, 0.4) is 0 Å². The number of alkyl halides is 1. The number of benzene rings is 2. The minimum Gasteiger partial charge on any atom is -0.497 e. The lowest BCUT2D eigenvalue weighted by Crippen LogP contribution is -2.11. The van der Waals surface area contributed by atoms with E-state index in [0.717, 1.165) is 23.7 Å². The van der Waals surface area contributed by atoms with Gasteiger partial charge in [-0.2, -0.15) is 0 Å². The molecule has 0 fully saturated rings. The number of rotatable bonds is 7. The molecule has 0 saturated carbocycles. The van der Waals surface area contributed by atoms with E-state index in [4.69, 9.17) is 25.5 Å². The molecule has 0 aliphatic rings. The van der Waals surface area contributed by atoms with Gasteiger partial charge in [0.25, 0.3) is 0 Å². The Hall–Kier alpha value is -1.98. The molecule has 1 aromatic heterocycles. The van der Waals surface area contributed by atoms with Gasteiger partial charge in [-0.05, 0) is 49.2 Å². The van der Waals surface area contributed by atoms with Crippen LogP contribution in [0.1, 0.15) is 12.8 Å². The predicted molar refractivity (Wildman–Crippen MR) is 108 cm³/mol. The van der Waals surface area contributed by atoms with Gasteiger partial charge in [-0.15, -0.1) is 0 Å². The Balaban J connectivity index is 2.13. The van der Waals surface area contributed by atoms with Crippen molar-refractivity contribution < 1.29 is 13.9 Å². The molecule has 0 aliphatic carbocycles. The molecule has 0 spiro atoms. The maximum absolute atomic E-state index is 13.0. The molecule has 0 N–H and O–H groups in total. The van der Waals surface area contributed by atoms with E-state index in [-0.39, 0.29) is 11.2 Å². The molecule has 3 aromatic rings. The Kier molecular flexibility index (Phi) is 6.22. The van der Waals surface area contributed by atoms with Crippen LogP contribution in [0.2, 0.25) is 5.02 Å². The van der Waals surface area contributed by atoms with E-state index >= 15 is 0 Å². The standard InChI is InChI=1S/C20H18BrClO4/c1-24-15-8-9-16-17(12-15)26-19(13-4-6-14(22)7-5-13)20(18(16)23)25-11-3-2-10-21/h4-9,12H,2-3,10-11H2,1H3. The fraction of sp³-hybridized carbons (Fsp3) is 0.250. The van der Waals surface area contributed by atoms with Gasteiger partial charge in [0.05, 0.1) is 19.1 Å². The van der Waals surface area contributed by atoms with Gasteiger partial charge in [0.1, 0.15) is 11.3 Å². The second kappa shape index (κ2) is 8.60. The summed E-state index contributed by atoms with van der Waals surface area (Å²) in [6, 6.07) is 12.2. The van der Waals surface area contributed by atoms with Gasteiger partial charge >= 0.3 is 0 Å². The first-order valence-corrected chi connectivity index (χ1v) is 9.73. The number of methoxy groups -OCH3 is 1. The maximum atomic E-state index is 13.0. The van der Waals surface area contributed by atoms with Crippen LogP contribution in [-0.2, 0) is 0 Å². The van der Waals surface area contributed by atoms with Crippen LogP contribution >= 0.6 is 27.5 Å². The Morgan fingerprint density at radius 1 is 1.12 bits per heavy atom. The molecule has 0 aliphatic heterocycles. The van der Waals surface area contributed by atoms with Crippen molar-refractivity contribution >= 4 is 38.5 Å². The summed E-state index contributed by atoms with van der Waals surface area (Å²) in [5.74, 6) is 1.24. The molecule has 3 rings (SSSR count). The van der Waals surface area contributed by atoms with Crippen LogP contribution in [0, 0.1) is 0 Å². The van der Waals surface area contributed by atoms with Crippen LogP contribution in [0.25, 0.3) is 22.3 Å². The highest BCUT2D eigenvalue weighted by Gasteiger charge is 2.18. The van der Waals surface area contributed by atoms with Crippen LogP contribution in [-0.4, -0.2) is 19.0 Å². The normalized spacial score (nSPS) is 10.9. The molecule has 0 bridgehead atoms. The minimum absolute atomic E-state index is 0.197. The average molecular weight is 438 g/mol. The van der Waals surface area contributed by atoms with E-state index in [0.29, 0.717) is 34.1 Å². The third-order valence-electron chi connectivity index (χ3n) is 3.94. The van der Waals surface area contributed by atoms with Gasteiger partial charge in [-0.3, -0.25) is 4.79 Å². The van der Waals surface area contributed by atoms with Crippen LogP contribution in [0.4, 0.5) is 0 Å². The monoisotopic (exact) mass is 436 g/mol. The molecule has 1 heterocycles. The summed E-state index contributed by atoms with van der Waals surface area (Å²) >= 11 is 9.37. The zero-order valence-corrected chi connectivity index (χ0v) is 16.6. The Bertz CT molecular complexity index is 950. The summed E-state index contributed by atoms with van der Waals surface area (Å²) in [7, 11) is 1.57. The second-order valence-corrected chi connectivity index (χ2v) is 6.93. The Morgan fingerprint density at radius 2 is 1.88 bits per heavy atom. The fourth-order valence-corrected chi connectivity index (χ4v) is 3.10. The minimum atomic E-state index is -0.197. The lowest BCUT2D eigenvalue weighted by Gasteiger charge is -2.12. The number of ether oxygens (including phenoxy) is 2. The van der Waals surface area contributed by atoms with E-state index < -0.39 is 0 Å². The first-order chi connectivity index (χ1) is 12.6. The number of hydrogen-bond acceptors (Lipinski definition) is 4. The summed E-state index contributed by atoms with van der Waals surface area (Å²) in [6.07, 6.45) is 1.80.